The summed E-state index contributed by atoms with van der Waals surface area (Å²) in [5.41, 5.74) is -0.168. The number of pyridine rings is 1. The van der Waals surface area contributed by atoms with Gasteiger partial charge in [-0.3, -0.25) is 4.79 Å². The van der Waals surface area contributed by atoms with Gasteiger partial charge in [0.25, 0.3) is 5.56 Å². The summed E-state index contributed by atoms with van der Waals surface area (Å²) in [7, 11) is 1.69. The van der Waals surface area contributed by atoms with Crippen molar-refractivity contribution in [1.29, 1.82) is 0 Å². The average molecular weight is 280 g/mol. The van der Waals surface area contributed by atoms with Gasteiger partial charge in [-0.1, -0.05) is 18.2 Å². The Hall–Kier alpha value is -1.55. The van der Waals surface area contributed by atoms with Crippen LogP contribution in [0, 0.1) is 0 Å². The molecule has 0 fully saturated rings. The molecule has 2 rings (SSSR count). The number of hydrogen-bond acceptors (Lipinski definition) is 2. The van der Waals surface area contributed by atoms with E-state index < -0.39 is 0 Å². The molecule has 16 heavy (non-hydrogen) atoms. The second-order valence-electron chi connectivity index (χ2n) is 3.32. The van der Waals surface area contributed by atoms with E-state index in [1.807, 2.05) is 18.2 Å². The molecule has 0 spiro atoms. The van der Waals surface area contributed by atoms with Crippen molar-refractivity contribution in [2.75, 3.05) is 0 Å². The van der Waals surface area contributed by atoms with Gasteiger partial charge in [0.05, 0.1) is 4.47 Å². The molecule has 2 aromatic rings. The quantitative estimate of drug-likeness (QED) is 0.847. The number of hydrogen-bond donors (Lipinski definition) is 0. The highest BCUT2D eigenvalue weighted by atomic mass is 79.9. The third kappa shape index (κ3) is 2.17. The van der Waals surface area contributed by atoms with Crippen LogP contribution in [-0.4, -0.2) is 4.57 Å². The monoisotopic (exact) mass is 279 g/mol. The van der Waals surface area contributed by atoms with Gasteiger partial charge in [0.15, 0.2) is 0 Å². The van der Waals surface area contributed by atoms with Crippen LogP contribution in [0.15, 0.2) is 51.9 Å². The van der Waals surface area contributed by atoms with Gasteiger partial charge in [-0.2, -0.15) is 0 Å². The van der Waals surface area contributed by atoms with E-state index in [1.165, 1.54) is 4.57 Å². The van der Waals surface area contributed by atoms with E-state index in [1.54, 1.807) is 31.4 Å². The van der Waals surface area contributed by atoms with Crippen molar-refractivity contribution in [3.8, 4) is 11.5 Å². The van der Waals surface area contributed by atoms with E-state index in [4.69, 9.17) is 4.74 Å². The van der Waals surface area contributed by atoms with Gasteiger partial charge >= 0.3 is 0 Å². The first-order valence-electron chi connectivity index (χ1n) is 4.76. The van der Waals surface area contributed by atoms with Crippen LogP contribution in [0.2, 0.25) is 0 Å². The Kier molecular flexibility index (Phi) is 3.10. The highest BCUT2D eigenvalue weighted by Gasteiger charge is 2.08. The number of benzene rings is 1. The molecule has 0 aliphatic heterocycles. The molecule has 0 aliphatic carbocycles. The molecule has 0 unspecified atom stereocenters. The Bertz CT molecular complexity index is 549. The Labute approximate surface area is 101 Å². The molecule has 0 radical (unpaired) electrons. The minimum Gasteiger partial charge on any atom is -0.450 e. The van der Waals surface area contributed by atoms with Crippen molar-refractivity contribution in [3.05, 3.63) is 57.4 Å². The number of para-hydroxylation sites is 1. The summed E-state index contributed by atoms with van der Waals surface area (Å²) in [4.78, 5) is 11.8. The predicted octanol–water partition coefficient (Wildman–Crippen LogP) is 2.94. The fraction of sp³-hybridized carbons (Fsp3) is 0.0833. The van der Waals surface area contributed by atoms with Crippen LogP contribution in [0.3, 0.4) is 0 Å². The standard InChI is InChI=1S/C12H10BrNO2/c1-14-8-7-10(13)11(12(14)15)16-9-5-3-2-4-6-9/h2-8H,1H3. The molecule has 0 bridgehead atoms. The van der Waals surface area contributed by atoms with Crippen LogP contribution >= 0.6 is 15.9 Å². The molecule has 1 heterocycles. The van der Waals surface area contributed by atoms with Gasteiger partial charge in [0.2, 0.25) is 5.75 Å². The lowest BCUT2D eigenvalue weighted by Crippen LogP contribution is -2.17. The number of halogens is 1. The molecule has 0 N–H and O–H groups in total. The first kappa shape index (κ1) is 11.0. The Morgan fingerprint density at radius 2 is 1.88 bits per heavy atom. The second kappa shape index (κ2) is 4.53. The Morgan fingerprint density at radius 1 is 1.19 bits per heavy atom. The molecule has 3 nitrogen and oxygen atoms in total. The van der Waals surface area contributed by atoms with Gasteiger partial charge < -0.3 is 9.30 Å². The van der Waals surface area contributed by atoms with Gasteiger partial charge in [-0.25, -0.2) is 0 Å². The van der Waals surface area contributed by atoms with Crippen LogP contribution in [0.25, 0.3) is 0 Å². The lowest BCUT2D eigenvalue weighted by Gasteiger charge is -2.07. The van der Waals surface area contributed by atoms with Crippen LogP contribution in [0.5, 0.6) is 11.5 Å². The van der Waals surface area contributed by atoms with Crippen LogP contribution in [0.1, 0.15) is 0 Å². The SMILES string of the molecule is Cn1ccc(Br)c(Oc2ccccc2)c1=O. The minimum absolute atomic E-state index is 0.168. The first-order chi connectivity index (χ1) is 7.68. The largest absolute Gasteiger partial charge is 0.450 e. The van der Waals surface area contributed by atoms with Crippen LogP contribution in [0.4, 0.5) is 0 Å². The maximum Gasteiger partial charge on any atom is 0.294 e. The van der Waals surface area contributed by atoms with Crippen LogP contribution in [-0.2, 0) is 7.05 Å². The Balaban J connectivity index is 2.43. The topological polar surface area (TPSA) is 31.2 Å². The summed E-state index contributed by atoms with van der Waals surface area (Å²) in [6.45, 7) is 0. The molecule has 1 aromatic carbocycles. The summed E-state index contributed by atoms with van der Waals surface area (Å²) in [5, 5.41) is 0. The van der Waals surface area contributed by atoms with Crippen molar-refractivity contribution >= 4 is 15.9 Å². The molecule has 1 aromatic heterocycles. The fourth-order valence-corrected chi connectivity index (χ4v) is 1.65. The van der Waals surface area contributed by atoms with E-state index in [-0.39, 0.29) is 5.56 Å². The number of aromatic nitrogens is 1. The van der Waals surface area contributed by atoms with E-state index >= 15 is 0 Å². The highest BCUT2D eigenvalue weighted by molar-refractivity contribution is 9.10. The Morgan fingerprint density at radius 3 is 2.56 bits per heavy atom. The smallest absolute Gasteiger partial charge is 0.294 e. The van der Waals surface area contributed by atoms with Crippen molar-refractivity contribution in [1.82, 2.24) is 4.57 Å². The summed E-state index contributed by atoms with van der Waals surface area (Å²) < 4.78 is 7.67. The highest BCUT2D eigenvalue weighted by Crippen LogP contribution is 2.25. The van der Waals surface area contributed by atoms with Crippen molar-refractivity contribution in [3.63, 3.8) is 0 Å². The zero-order valence-corrected chi connectivity index (χ0v) is 10.3. The zero-order chi connectivity index (χ0) is 11.5. The average Bonchev–Trinajstić information content (AvgIpc) is 2.31. The third-order valence-corrected chi connectivity index (χ3v) is 2.76. The van der Waals surface area contributed by atoms with Gasteiger partial charge in [0, 0.05) is 13.2 Å². The molecule has 0 saturated carbocycles. The van der Waals surface area contributed by atoms with Crippen molar-refractivity contribution < 1.29 is 4.74 Å². The van der Waals surface area contributed by atoms with Crippen molar-refractivity contribution in [2.45, 2.75) is 0 Å². The number of ether oxygens (including phenoxy) is 1. The molecule has 4 heteroatoms. The predicted molar refractivity (Wildman–Crippen MR) is 65.9 cm³/mol. The second-order valence-corrected chi connectivity index (χ2v) is 4.18. The molecule has 0 atom stereocenters. The van der Waals surface area contributed by atoms with Crippen LogP contribution < -0.4 is 10.3 Å². The molecule has 0 amide bonds. The maximum absolute atomic E-state index is 11.8. The minimum atomic E-state index is -0.168. The lowest BCUT2D eigenvalue weighted by atomic mass is 10.3. The normalized spacial score (nSPS) is 10.1. The van der Waals surface area contributed by atoms with Gasteiger partial charge in [-0.15, -0.1) is 0 Å². The fourth-order valence-electron chi connectivity index (χ4n) is 1.28. The molecular weight excluding hydrogens is 270 g/mol. The number of nitrogens with zero attached hydrogens (tertiary/aromatic N) is 1. The van der Waals surface area contributed by atoms with Gasteiger partial charge in [0.1, 0.15) is 5.75 Å². The maximum atomic E-state index is 11.8. The summed E-state index contributed by atoms with van der Waals surface area (Å²) in [6, 6.07) is 11.0. The molecule has 0 saturated heterocycles. The molecule has 0 aliphatic rings. The van der Waals surface area contributed by atoms with Gasteiger partial charge in [-0.05, 0) is 34.1 Å². The third-order valence-electron chi connectivity index (χ3n) is 2.14. The van der Waals surface area contributed by atoms with E-state index in [0.29, 0.717) is 16.0 Å². The summed E-state index contributed by atoms with van der Waals surface area (Å²) in [5.74, 6) is 0.947. The van der Waals surface area contributed by atoms with E-state index in [2.05, 4.69) is 15.9 Å². The zero-order valence-electron chi connectivity index (χ0n) is 8.68. The molecular formula is C12H10BrNO2. The van der Waals surface area contributed by atoms with E-state index in [9.17, 15) is 4.79 Å². The van der Waals surface area contributed by atoms with Crippen molar-refractivity contribution in [2.24, 2.45) is 7.05 Å². The summed E-state index contributed by atoms with van der Waals surface area (Å²) >= 11 is 3.30. The summed E-state index contributed by atoms with van der Waals surface area (Å²) in [6.07, 6.45) is 1.68. The number of aryl methyl sites for hydroxylation is 1. The van der Waals surface area contributed by atoms with E-state index in [0.717, 1.165) is 0 Å². The first-order valence-corrected chi connectivity index (χ1v) is 5.56. The number of rotatable bonds is 2. The molecule has 82 valence electrons. The lowest BCUT2D eigenvalue weighted by molar-refractivity contribution is 0.466.